The molecule has 2 nitrogen and oxygen atoms in total. The lowest BCUT2D eigenvalue weighted by Gasteiger charge is -2.33. The highest BCUT2D eigenvalue weighted by Gasteiger charge is 2.32. The first kappa shape index (κ1) is 15.6. The number of para-hydroxylation sites is 1. The van der Waals surface area contributed by atoms with E-state index < -0.39 is 0 Å². The van der Waals surface area contributed by atoms with Crippen molar-refractivity contribution in [3.8, 4) is 11.1 Å². The molecule has 0 amide bonds. The van der Waals surface area contributed by atoms with Crippen molar-refractivity contribution in [2.24, 2.45) is 0 Å². The fourth-order valence-electron chi connectivity index (χ4n) is 3.63. The molecule has 0 fully saturated rings. The zero-order valence-electron chi connectivity index (χ0n) is 14.3. The monoisotopic (exact) mass is 380 g/mol. The van der Waals surface area contributed by atoms with Gasteiger partial charge in [-0.3, -0.25) is 0 Å². The fourth-order valence-corrected chi connectivity index (χ4v) is 3.89. The molecule has 0 saturated carbocycles. The van der Waals surface area contributed by atoms with Crippen molar-refractivity contribution >= 4 is 32.7 Å². The quantitative estimate of drug-likeness (QED) is 0.528. The van der Waals surface area contributed by atoms with Gasteiger partial charge >= 0.3 is 0 Å². The van der Waals surface area contributed by atoms with Gasteiger partial charge in [-0.2, -0.15) is 0 Å². The second-order valence-corrected chi connectivity index (χ2v) is 8.30. The highest BCUT2D eigenvalue weighted by Crippen LogP contribution is 2.42. The average molecular weight is 381 g/mol. The molecule has 0 bridgehead atoms. The average Bonchev–Trinajstić information content (AvgIpc) is 2.97. The van der Waals surface area contributed by atoms with Gasteiger partial charge in [0.05, 0.1) is 5.52 Å². The van der Waals surface area contributed by atoms with Crippen molar-refractivity contribution in [3.63, 3.8) is 0 Å². The van der Waals surface area contributed by atoms with E-state index in [1.165, 1.54) is 22.1 Å². The first-order valence-corrected chi connectivity index (χ1v) is 9.19. The molecule has 1 aliphatic heterocycles. The van der Waals surface area contributed by atoms with Gasteiger partial charge in [0, 0.05) is 27.5 Å². The fraction of sp³-hybridized carbons (Fsp3) is 0.286. The van der Waals surface area contributed by atoms with E-state index in [4.69, 9.17) is 4.98 Å². The summed E-state index contributed by atoms with van der Waals surface area (Å²) in [4.78, 5) is 7.47. The number of fused-ring (bicyclic) bond motifs is 2. The summed E-state index contributed by atoms with van der Waals surface area (Å²) < 4.78 is 1.11. The molecule has 2 aromatic carbocycles. The number of nitrogens with zero attached hydrogens (tertiary/aromatic N) is 2. The Morgan fingerprint density at radius 1 is 1.00 bits per heavy atom. The summed E-state index contributed by atoms with van der Waals surface area (Å²) in [5.74, 6) is 1.15. The summed E-state index contributed by atoms with van der Waals surface area (Å²) in [5, 5.41) is 1.24. The van der Waals surface area contributed by atoms with Crippen LogP contribution in [0.2, 0.25) is 0 Å². The first-order chi connectivity index (χ1) is 11.4. The van der Waals surface area contributed by atoms with Crippen LogP contribution >= 0.6 is 15.9 Å². The minimum Gasteiger partial charge on any atom is -0.351 e. The van der Waals surface area contributed by atoms with Gasteiger partial charge in [0.2, 0.25) is 0 Å². The lowest BCUT2D eigenvalue weighted by Crippen LogP contribution is -2.40. The molecule has 3 aromatic rings. The topological polar surface area (TPSA) is 16.1 Å². The summed E-state index contributed by atoms with van der Waals surface area (Å²) in [7, 11) is 0. The molecular weight excluding hydrogens is 360 g/mol. The summed E-state index contributed by atoms with van der Waals surface area (Å²) in [6.45, 7) is 7.82. The molecule has 2 heterocycles. The molecule has 0 spiro atoms. The number of hydrogen-bond acceptors (Lipinski definition) is 2. The van der Waals surface area contributed by atoms with Crippen molar-refractivity contribution < 1.29 is 0 Å². The van der Waals surface area contributed by atoms with Crippen LogP contribution in [0.15, 0.2) is 53.0 Å². The van der Waals surface area contributed by atoms with Crippen LogP contribution in [-0.2, 0) is 6.42 Å². The van der Waals surface area contributed by atoms with Crippen LogP contribution < -0.4 is 4.90 Å². The predicted octanol–water partition coefficient (Wildman–Crippen LogP) is 5.83. The van der Waals surface area contributed by atoms with Crippen molar-refractivity contribution in [2.75, 3.05) is 11.4 Å². The second-order valence-electron chi connectivity index (χ2n) is 7.39. The molecule has 0 N–H and O–H groups in total. The number of halogens is 1. The highest BCUT2D eigenvalue weighted by atomic mass is 79.9. The zero-order chi connectivity index (χ0) is 16.9. The van der Waals surface area contributed by atoms with Gasteiger partial charge in [-0.15, -0.1) is 0 Å². The van der Waals surface area contributed by atoms with E-state index in [1.54, 1.807) is 0 Å². The Balaban J connectivity index is 2.03. The minimum absolute atomic E-state index is 0.0810. The van der Waals surface area contributed by atoms with E-state index in [0.717, 1.165) is 28.8 Å². The Morgan fingerprint density at radius 3 is 2.42 bits per heavy atom. The molecule has 122 valence electrons. The van der Waals surface area contributed by atoms with Gasteiger partial charge in [0.1, 0.15) is 5.82 Å². The van der Waals surface area contributed by atoms with Crippen molar-refractivity contribution in [1.82, 2.24) is 4.98 Å². The maximum atomic E-state index is 5.02. The van der Waals surface area contributed by atoms with Crippen LogP contribution in [0.4, 0.5) is 5.82 Å². The molecule has 0 radical (unpaired) electrons. The number of anilines is 1. The Hall–Kier alpha value is -1.87. The third kappa shape index (κ3) is 2.51. The normalized spacial score (nSPS) is 14.2. The molecular formula is C21H21BrN2. The lowest BCUT2D eigenvalue weighted by atomic mass is 9.95. The molecule has 0 aliphatic carbocycles. The van der Waals surface area contributed by atoms with E-state index >= 15 is 0 Å². The molecule has 4 rings (SSSR count). The standard InChI is InChI=1S/C21H21BrN2/c1-21(2,3)24-13-12-17-19(14-8-10-15(22)11-9-14)16-6-4-5-7-18(16)23-20(17)24/h4-11H,12-13H2,1-3H3. The van der Waals surface area contributed by atoms with Crippen LogP contribution in [0.25, 0.3) is 22.0 Å². The summed E-state index contributed by atoms with van der Waals surface area (Å²) in [6, 6.07) is 17.1. The molecule has 0 atom stereocenters. The molecule has 1 aliphatic rings. The lowest BCUT2D eigenvalue weighted by molar-refractivity contribution is 0.514. The third-order valence-corrected chi connectivity index (χ3v) is 5.28. The molecule has 24 heavy (non-hydrogen) atoms. The third-order valence-electron chi connectivity index (χ3n) is 4.76. The van der Waals surface area contributed by atoms with Gasteiger partial charge in [-0.05, 0) is 56.5 Å². The van der Waals surface area contributed by atoms with Gasteiger partial charge in [0.25, 0.3) is 0 Å². The number of rotatable bonds is 1. The second kappa shape index (κ2) is 5.59. The van der Waals surface area contributed by atoms with E-state index in [0.29, 0.717) is 0 Å². The number of pyridine rings is 1. The Labute approximate surface area is 151 Å². The van der Waals surface area contributed by atoms with Crippen molar-refractivity contribution in [2.45, 2.75) is 32.7 Å². The Morgan fingerprint density at radius 2 is 1.71 bits per heavy atom. The molecule has 1 aromatic heterocycles. The maximum Gasteiger partial charge on any atom is 0.133 e. The van der Waals surface area contributed by atoms with Crippen molar-refractivity contribution in [1.29, 1.82) is 0 Å². The van der Waals surface area contributed by atoms with Gasteiger partial charge in [-0.1, -0.05) is 46.3 Å². The highest BCUT2D eigenvalue weighted by molar-refractivity contribution is 9.10. The van der Waals surface area contributed by atoms with Crippen LogP contribution in [0.5, 0.6) is 0 Å². The van der Waals surface area contributed by atoms with Gasteiger partial charge < -0.3 is 4.90 Å². The van der Waals surface area contributed by atoms with Crippen LogP contribution in [0, 0.1) is 0 Å². The summed E-state index contributed by atoms with van der Waals surface area (Å²) in [6.07, 6.45) is 1.05. The van der Waals surface area contributed by atoms with Gasteiger partial charge in [0.15, 0.2) is 0 Å². The molecule has 3 heteroatoms. The smallest absolute Gasteiger partial charge is 0.133 e. The minimum atomic E-state index is 0.0810. The van der Waals surface area contributed by atoms with E-state index in [1.807, 2.05) is 0 Å². The predicted molar refractivity (Wildman–Crippen MR) is 106 cm³/mol. The summed E-state index contributed by atoms with van der Waals surface area (Å²) in [5.41, 5.74) is 5.15. The number of hydrogen-bond donors (Lipinski definition) is 0. The van der Waals surface area contributed by atoms with Crippen LogP contribution in [0.1, 0.15) is 26.3 Å². The van der Waals surface area contributed by atoms with E-state index in [9.17, 15) is 0 Å². The number of aromatic nitrogens is 1. The molecule has 0 unspecified atom stereocenters. The molecule has 0 saturated heterocycles. The van der Waals surface area contributed by atoms with Gasteiger partial charge in [-0.25, -0.2) is 4.98 Å². The zero-order valence-corrected chi connectivity index (χ0v) is 15.9. The SMILES string of the molecule is CC(C)(C)N1CCc2c1nc1ccccc1c2-c1ccc(Br)cc1. The van der Waals surface area contributed by atoms with E-state index in [2.05, 4.69) is 90.1 Å². The van der Waals surface area contributed by atoms with E-state index in [-0.39, 0.29) is 5.54 Å². The largest absolute Gasteiger partial charge is 0.351 e. The Bertz CT molecular complexity index is 908. The maximum absolute atomic E-state index is 5.02. The van der Waals surface area contributed by atoms with Crippen molar-refractivity contribution in [3.05, 3.63) is 58.6 Å². The number of benzene rings is 2. The summed E-state index contributed by atoms with van der Waals surface area (Å²) >= 11 is 3.55. The first-order valence-electron chi connectivity index (χ1n) is 8.40. The Kier molecular flexibility index (Phi) is 3.65. The van der Waals surface area contributed by atoms with Crippen LogP contribution in [-0.4, -0.2) is 17.1 Å². The van der Waals surface area contributed by atoms with Crippen LogP contribution in [0.3, 0.4) is 0 Å².